The number of carboxylic acids is 1. The van der Waals surface area contributed by atoms with Crippen LogP contribution in [-0.2, 0) is 16.8 Å². The molecular weight excluding hydrogens is 226 g/mol. The van der Waals surface area contributed by atoms with Crippen LogP contribution in [-0.4, -0.2) is 28.6 Å². The van der Waals surface area contributed by atoms with Gasteiger partial charge in [-0.25, -0.2) is 4.79 Å². The van der Waals surface area contributed by atoms with E-state index in [0.29, 0.717) is 6.42 Å². The van der Waals surface area contributed by atoms with Crippen molar-refractivity contribution < 1.29 is 9.90 Å². The van der Waals surface area contributed by atoms with E-state index in [4.69, 9.17) is 0 Å². The molecule has 1 aromatic rings. The van der Waals surface area contributed by atoms with Gasteiger partial charge in [-0.05, 0) is 44.4 Å². The Morgan fingerprint density at radius 2 is 2.11 bits per heavy atom. The van der Waals surface area contributed by atoms with E-state index >= 15 is 0 Å². The highest BCUT2D eigenvalue weighted by atomic mass is 16.4. The maximum atomic E-state index is 11.9. The number of aryl methyl sites for hydroxylation is 1. The summed E-state index contributed by atoms with van der Waals surface area (Å²) in [4.78, 5) is 14.0. The molecule has 0 bridgehead atoms. The Hall–Kier alpha value is -1.35. The van der Waals surface area contributed by atoms with E-state index in [0.717, 1.165) is 18.5 Å². The first-order chi connectivity index (χ1) is 8.54. The van der Waals surface area contributed by atoms with Crippen LogP contribution in [0.25, 0.3) is 0 Å². The molecule has 1 aromatic carbocycles. The van der Waals surface area contributed by atoms with Crippen LogP contribution in [0.5, 0.6) is 0 Å². The lowest BCUT2D eigenvalue weighted by molar-refractivity contribution is -0.154. The van der Waals surface area contributed by atoms with Crippen LogP contribution in [0.15, 0.2) is 24.3 Å². The van der Waals surface area contributed by atoms with Crippen LogP contribution in [0, 0.1) is 0 Å². The molecule has 0 aliphatic heterocycles. The normalized spacial score (nSPS) is 22.5. The van der Waals surface area contributed by atoms with Crippen molar-refractivity contribution in [2.75, 3.05) is 6.54 Å². The van der Waals surface area contributed by atoms with E-state index in [1.54, 1.807) is 0 Å². The third kappa shape index (κ3) is 1.74. The standard InChI is InChI=1S/C15H21NO2/c1-4-16(11(2)3)15(14(17)18)10-9-12-7-5-6-8-13(12)15/h5-8,11H,4,9-10H2,1-3H3,(H,17,18). The maximum absolute atomic E-state index is 11.9. The fraction of sp³-hybridized carbons (Fsp3) is 0.533. The number of aliphatic carboxylic acids is 1. The van der Waals surface area contributed by atoms with Gasteiger partial charge in [0.05, 0.1) is 0 Å². The average Bonchev–Trinajstić information content (AvgIpc) is 2.71. The Morgan fingerprint density at radius 3 is 2.67 bits per heavy atom. The number of fused-ring (bicyclic) bond motifs is 1. The van der Waals surface area contributed by atoms with E-state index in [2.05, 4.69) is 18.7 Å². The van der Waals surface area contributed by atoms with Gasteiger partial charge in [-0.2, -0.15) is 0 Å². The summed E-state index contributed by atoms with van der Waals surface area (Å²) in [7, 11) is 0. The molecule has 3 heteroatoms. The molecule has 1 aliphatic carbocycles. The van der Waals surface area contributed by atoms with E-state index in [1.807, 2.05) is 31.2 Å². The molecule has 1 unspecified atom stereocenters. The lowest BCUT2D eigenvalue weighted by atomic mass is 9.88. The highest BCUT2D eigenvalue weighted by Gasteiger charge is 2.50. The zero-order valence-corrected chi connectivity index (χ0v) is 11.3. The third-order valence-corrected chi connectivity index (χ3v) is 4.03. The average molecular weight is 247 g/mol. The summed E-state index contributed by atoms with van der Waals surface area (Å²) in [5.41, 5.74) is 1.33. The van der Waals surface area contributed by atoms with Crippen molar-refractivity contribution in [3.63, 3.8) is 0 Å². The Kier molecular flexibility index (Phi) is 3.44. The molecule has 1 N–H and O–H groups in total. The first-order valence-electron chi connectivity index (χ1n) is 6.62. The molecule has 18 heavy (non-hydrogen) atoms. The van der Waals surface area contributed by atoms with Crippen molar-refractivity contribution in [3.05, 3.63) is 35.4 Å². The fourth-order valence-corrected chi connectivity index (χ4v) is 3.31. The predicted octanol–water partition coefficient (Wildman–Crippen LogP) is 2.64. The maximum Gasteiger partial charge on any atom is 0.328 e. The number of rotatable bonds is 4. The summed E-state index contributed by atoms with van der Waals surface area (Å²) < 4.78 is 0. The lowest BCUT2D eigenvalue weighted by Gasteiger charge is -2.40. The van der Waals surface area contributed by atoms with Gasteiger partial charge in [0.2, 0.25) is 0 Å². The predicted molar refractivity (Wildman–Crippen MR) is 71.6 cm³/mol. The van der Waals surface area contributed by atoms with Gasteiger partial charge in [0.15, 0.2) is 0 Å². The molecule has 1 aliphatic rings. The minimum Gasteiger partial charge on any atom is -0.480 e. The summed E-state index contributed by atoms with van der Waals surface area (Å²) in [6.45, 7) is 6.91. The fourth-order valence-electron chi connectivity index (χ4n) is 3.31. The van der Waals surface area contributed by atoms with Crippen LogP contribution >= 0.6 is 0 Å². The molecular formula is C15H21NO2. The lowest BCUT2D eigenvalue weighted by Crippen LogP contribution is -2.53. The molecule has 0 saturated heterocycles. The van der Waals surface area contributed by atoms with Crippen molar-refractivity contribution in [1.82, 2.24) is 4.90 Å². The second kappa shape index (κ2) is 4.73. The summed E-state index contributed by atoms with van der Waals surface area (Å²) in [6.07, 6.45) is 1.53. The summed E-state index contributed by atoms with van der Waals surface area (Å²) in [5, 5.41) is 9.82. The van der Waals surface area contributed by atoms with Gasteiger partial charge in [0.1, 0.15) is 5.54 Å². The summed E-state index contributed by atoms with van der Waals surface area (Å²) in [5.74, 6) is -0.719. The minimum atomic E-state index is -0.834. The Bertz CT molecular complexity index is 456. The van der Waals surface area contributed by atoms with E-state index in [-0.39, 0.29) is 6.04 Å². The SMILES string of the molecule is CCN(C(C)C)C1(C(=O)O)CCc2ccccc21. The first-order valence-corrected chi connectivity index (χ1v) is 6.62. The second-order valence-electron chi connectivity index (χ2n) is 5.20. The number of hydrogen-bond acceptors (Lipinski definition) is 2. The van der Waals surface area contributed by atoms with E-state index in [9.17, 15) is 9.90 Å². The molecule has 98 valence electrons. The zero-order valence-electron chi connectivity index (χ0n) is 11.3. The molecule has 0 saturated carbocycles. The van der Waals surface area contributed by atoms with Gasteiger partial charge in [-0.3, -0.25) is 4.90 Å². The third-order valence-electron chi connectivity index (χ3n) is 4.03. The topological polar surface area (TPSA) is 40.5 Å². The van der Waals surface area contributed by atoms with Crippen molar-refractivity contribution in [2.45, 2.75) is 45.2 Å². The monoisotopic (exact) mass is 247 g/mol. The molecule has 0 aromatic heterocycles. The highest BCUT2D eigenvalue weighted by Crippen LogP contribution is 2.42. The number of nitrogens with zero attached hydrogens (tertiary/aromatic N) is 1. The molecule has 0 radical (unpaired) electrons. The van der Waals surface area contributed by atoms with Crippen molar-refractivity contribution in [1.29, 1.82) is 0 Å². The molecule has 0 heterocycles. The second-order valence-corrected chi connectivity index (χ2v) is 5.20. The first kappa shape index (κ1) is 13.1. The summed E-state index contributed by atoms with van der Waals surface area (Å²) >= 11 is 0. The molecule has 2 rings (SSSR count). The van der Waals surface area contributed by atoms with Crippen LogP contribution < -0.4 is 0 Å². The Labute approximate surface area is 108 Å². The Morgan fingerprint density at radius 1 is 1.44 bits per heavy atom. The zero-order chi connectivity index (χ0) is 13.3. The van der Waals surface area contributed by atoms with Crippen LogP contribution in [0.1, 0.15) is 38.3 Å². The van der Waals surface area contributed by atoms with Gasteiger partial charge < -0.3 is 5.11 Å². The van der Waals surface area contributed by atoms with Gasteiger partial charge in [-0.15, -0.1) is 0 Å². The smallest absolute Gasteiger partial charge is 0.328 e. The Balaban J connectivity index is 2.57. The van der Waals surface area contributed by atoms with Crippen molar-refractivity contribution in [3.8, 4) is 0 Å². The molecule has 3 nitrogen and oxygen atoms in total. The van der Waals surface area contributed by atoms with Gasteiger partial charge in [0.25, 0.3) is 0 Å². The van der Waals surface area contributed by atoms with Crippen LogP contribution in [0.4, 0.5) is 0 Å². The largest absolute Gasteiger partial charge is 0.480 e. The summed E-state index contributed by atoms with van der Waals surface area (Å²) in [6, 6.07) is 8.17. The molecule has 0 amide bonds. The number of benzene rings is 1. The molecule has 0 fully saturated rings. The molecule has 1 atom stereocenters. The van der Waals surface area contributed by atoms with E-state index < -0.39 is 11.5 Å². The van der Waals surface area contributed by atoms with Crippen LogP contribution in [0.2, 0.25) is 0 Å². The van der Waals surface area contributed by atoms with Crippen molar-refractivity contribution in [2.24, 2.45) is 0 Å². The number of hydrogen-bond donors (Lipinski definition) is 1. The van der Waals surface area contributed by atoms with Gasteiger partial charge >= 0.3 is 5.97 Å². The van der Waals surface area contributed by atoms with Gasteiger partial charge in [-0.1, -0.05) is 31.2 Å². The minimum absolute atomic E-state index is 0.220. The highest BCUT2D eigenvalue weighted by molar-refractivity contribution is 5.82. The number of carboxylic acid groups (broad SMARTS) is 1. The molecule has 0 spiro atoms. The van der Waals surface area contributed by atoms with Crippen molar-refractivity contribution >= 4 is 5.97 Å². The number of likely N-dealkylation sites (N-methyl/N-ethyl adjacent to an activating group) is 1. The van der Waals surface area contributed by atoms with Crippen LogP contribution in [0.3, 0.4) is 0 Å². The quantitative estimate of drug-likeness (QED) is 0.889. The van der Waals surface area contributed by atoms with Gasteiger partial charge in [0, 0.05) is 6.04 Å². The number of carbonyl (C=O) groups is 1. The van der Waals surface area contributed by atoms with E-state index in [1.165, 1.54) is 5.56 Å².